The van der Waals surface area contributed by atoms with Crippen LogP contribution < -0.4 is 25.0 Å². The minimum absolute atomic E-state index is 0.0540. The third-order valence-corrected chi connectivity index (χ3v) is 4.17. The summed E-state index contributed by atoms with van der Waals surface area (Å²) < 4.78 is 36.0. The second kappa shape index (κ2) is 9.78. The van der Waals surface area contributed by atoms with Crippen LogP contribution in [0.25, 0.3) is 0 Å². The van der Waals surface area contributed by atoms with E-state index < -0.39 is 27.9 Å². The number of nitrogens with one attached hydrogen (secondary N) is 3. The second-order valence-electron chi connectivity index (χ2n) is 6.03. The van der Waals surface area contributed by atoms with Gasteiger partial charge in [0.25, 0.3) is 11.8 Å². The maximum atomic E-state index is 12.3. The molecule has 0 aliphatic heterocycles. The lowest BCUT2D eigenvalue weighted by molar-refractivity contribution is -0.128. The molecular weight excluding hydrogens is 398 g/mol. The average Bonchev–Trinajstić information content (AvgIpc) is 2.66. The Morgan fingerprint density at radius 3 is 2.24 bits per heavy atom. The quantitative estimate of drug-likeness (QED) is 0.558. The summed E-state index contributed by atoms with van der Waals surface area (Å²) in [6.45, 7) is 3.94. The minimum Gasteiger partial charge on any atom is -0.494 e. The highest BCUT2D eigenvalue weighted by Crippen LogP contribution is 2.19. The maximum Gasteiger partial charge on any atom is 0.279 e. The van der Waals surface area contributed by atoms with E-state index >= 15 is 0 Å². The Hall–Kier alpha value is -3.27. The molecule has 1 atom stereocenters. The van der Waals surface area contributed by atoms with Crippen LogP contribution in [0, 0.1) is 0 Å². The van der Waals surface area contributed by atoms with Crippen LogP contribution in [0.15, 0.2) is 48.5 Å². The van der Waals surface area contributed by atoms with Gasteiger partial charge in [-0.25, -0.2) is 8.42 Å². The van der Waals surface area contributed by atoms with Crippen molar-refractivity contribution in [1.82, 2.24) is 10.9 Å². The molecule has 9 nitrogen and oxygen atoms in total. The number of para-hydroxylation sites is 1. The van der Waals surface area contributed by atoms with E-state index in [0.29, 0.717) is 18.1 Å². The SMILES string of the molecule is CCOc1ccc(OC(C)C(=O)NNC(=O)c2ccccc2NS(C)(=O)=O)cc1. The first-order valence-corrected chi connectivity index (χ1v) is 10.6. The summed E-state index contributed by atoms with van der Waals surface area (Å²) in [6.07, 6.45) is 0.0845. The van der Waals surface area contributed by atoms with Crippen molar-refractivity contribution in [3.8, 4) is 11.5 Å². The van der Waals surface area contributed by atoms with Crippen LogP contribution in [0.4, 0.5) is 5.69 Å². The van der Waals surface area contributed by atoms with Crippen LogP contribution in [-0.4, -0.2) is 39.2 Å². The Kier molecular flexibility index (Phi) is 7.43. The van der Waals surface area contributed by atoms with Crippen molar-refractivity contribution < 1.29 is 27.5 Å². The molecule has 29 heavy (non-hydrogen) atoms. The summed E-state index contributed by atoms with van der Waals surface area (Å²) in [5.74, 6) is -0.116. The molecule has 0 aliphatic carbocycles. The van der Waals surface area contributed by atoms with Gasteiger partial charge in [0.1, 0.15) is 11.5 Å². The zero-order valence-corrected chi connectivity index (χ0v) is 17.1. The minimum atomic E-state index is -3.57. The van der Waals surface area contributed by atoms with Gasteiger partial charge in [0, 0.05) is 0 Å². The molecule has 3 N–H and O–H groups in total. The number of anilines is 1. The fourth-order valence-electron chi connectivity index (χ4n) is 2.30. The monoisotopic (exact) mass is 421 g/mol. The highest BCUT2D eigenvalue weighted by molar-refractivity contribution is 7.92. The van der Waals surface area contributed by atoms with Crippen LogP contribution in [0.1, 0.15) is 24.2 Å². The second-order valence-corrected chi connectivity index (χ2v) is 7.78. The lowest BCUT2D eigenvalue weighted by atomic mass is 10.2. The number of ether oxygens (including phenoxy) is 2. The third kappa shape index (κ3) is 7.00. The summed E-state index contributed by atoms with van der Waals surface area (Å²) in [5.41, 5.74) is 4.65. The number of carbonyl (C=O) groups excluding carboxylic acids is 2. The molecule has 0 fully saturated rings. The van der Waals surface area contributed by atoms with Crippen LogP contribution in [-0.2, 0) is 14.8 Å². The Morgan fingerprint density at radius 2 is 1.62 bits per heavy atom. The summed E-state index contributed by atoms with van der Waals surface area (Å²) >= 11 is 0. The number of amides is 2. The van der Waals surface area contributed by atoms with Gasteiger partial charge < -0.3 is 9.47 Å². The first-order valence-electron chi connectivity index (χ1n) is 8.76. The Labute approximate surface area is 169 Å². The molecule has 0 spiro atoms. The van der Waals surface area contributed by atoms with Gasteiger partial charge in [0.2, 0.25) is 10.0 Å². The molecule has 0 heterocycles. The molecule has 0 radical (unpaired) electrons. The number of hydrazine groups is 1. The predicted octanol–water partition coefficient (Wildman–Crippen LogP) is 1.69. The first kappa shape index (κ1) is 22.0. The van der Waals surface area contributed by atoms with Crippen molar-refractivity contribution in [2.75, 3.05) is 17.6 Å². The van der Waals surface area contributed by atoms with E-state index in [4.69, 9.17) is 9.47 Å². The standard InChI is InChI=1S/C19H23N3O6S/c1-4-27-14-9-11-15(12-10-14)28-13(2)18(23)20-21-19(24)16-7-5-6-8-17(16)22-29(3,25)26/h5-13,22H,4H2,1-3H3,(H,20,23)(H,21,24). The molecule has 1 unspecified atom stereocenters. The van der Waals surface area contributed by atoms with Crippen molar-refractivity contribution in [2.24, 2.45) is 0 Å². The molecule has 0 bridgehead atoms. The molecular formula is C19H23N3O6S. The molecule has 0 saturated heterocycles. The van der Waals surface area contributed by atoms with Gasteiger partial charge >= 0.3 is 0 Å². The molecule has 156 valence electrons. The largest absolute Gasteiger partial charge is 0.494 e. The number of hydrogen-bond acceptors (Lipinski definition) is 6. The van der Waals surface area contributed by atoms with Crippen LogP contribution in [0.2, 0.25) is 0 Å². The molecule has 0 aliphatic rings. The number of sulfonamides is 1. The van der Waals surface area contributed by atoms with Gasteiger partial charge in [-0.2, -0.15) is 0 Å². The number of benzene rings is 2. The summed E-state index contributed by atoms with van der Waals surface area (Å²) in [6, 6.07) is 12.8. The van der Waals surface area contributed by atoms with E-state index in [2.05, 4.69) is 15.6 Å². The van der Waals surface area contributed by atoms with Gasteiger partial charge in [0.15, 0.2) is 6.10 Å². The van der Waals surface area contributed by atoms with Crippen molar-refractivity contribution >= 4 is 27.5 Å². The summed E-state index contributed by atoms with van der Waals surface area (Å²) in [4.78, 5) is 24.5. The topological polar surface area (TPSA) is 123 Å². The van der Waals surface area contributed by atoms with E-state index in [0.717, 1.165) is 6.26 Å². The molecule has 0 saturated carbocycles. The predicted molar refractivity (Wildman–Crippen MR) is 108 cm³/mol. The molecule has 0 aromatic heterocycles. The first-order chi connectivity index (χ1) is 13.7. The molecule has 2 rings (SSSR count). The zero-order chi connectivity index (χ0) is 21.4. The smallest absolute Gasteiger partial charge is 0.279 e. The summed E-state index contributed by atoms with van der Waals surface area (Å²) in [7, 11) is -3.57. The van der Waals surface area contributed by atoms with Crippen molar-refractivity contribution in [3.63, 3.8) is 0 Å². The molecule has 2 aromatic carbocycles. The van der Waals surface area contributed by atoms with Crippen molar-refractivity contribution in [3.05, 3.63) is 54.1 Å². The number of carbonyl (C=O) groups is 2. The van der Waals surface area contributed by atoms with Crippen LogP contribution >= 0.6 is 0 Å². The maximum absolute atomic E-state index is 12.3. The Morgan fingerprint density at radius 1 is 1.00 bits per heavy atom. The highest BCUT2D eigenvalue weighted by atomic mass is 32.2. The molecule has 2 aromatic rings. The number of rotatable bonds is 8. The van der Waals surface area contributed by atoms with Crippen molar-refractivity contribution in [2.45, 2.75) is 20.0 Å². The van der Waals surface area contributed by atoms with E-state index in [1.807, 2.05) is 6.92 Å². The highest BCUT2D eigenvalue weighted by Gasteiger charge is 2.18. The Balaban J connectivity index is 1.93. The molecule has 2 amide bonds. The van der Waals surface area contributed by atoms with Gasteiger partial charge in [-0.3, -0.25) is 25.2 Å². The van der Waals surface area contributed by atoms with E-state index in [1.54, 1.807) is 36.4 Å². The van der Waals surface area contributed by atoms with Gasteiger partial charge in [-0.05, 0) is 50.2 Å². The average molecular weight is 421 g/mol. The van der Waals surface area contributed by atoms with Gasteiger partial charge in [-0.1, -0.05) is 12.1 Å². The van der Waals surface area contributed by atoms with E-state index in [9.17, 15) is 18.0 Å². The third-order valence-electron chi connectivity index (χ3n) is 3.58. The van der Waals surface area contributed by atoms with Crippen molar-refractivity contribution in [1.29, 1.82) is 0 Å². The normalized spacial score (nSPS) is 11.8. The van der Waals surface area contributed by atoms with E-state index in [-0.39, 0.29) is 11.3 Å². The molecule has 10 heteroatoms. The number of hydrogen-bond donors (Lipinski definition) is 3. The fourth-order valence-corrected chi connectivity index (χ4v) is 2.87. The lowest BCUT2D eigenvalue weighted by Crippen LogP contribution is -2.47. The van der Waals surface area contributed by atoms with E-state index in [1.165, 1.54) is 19.1 Å². The summed E-state index contributed by atoms with van der Waals surface area (Å²) in [5, 5.41) is 0. The van der Waals surface area contributed by atoms with Crippen LogP contribution in [0.3, 0.4) is 0 Å². The Bertz CT molecular complexity index is 960. The van der Waals surface area contributed by atoms with Gasteiger partial charge in [-0.15, -0.1) is 0 Å². The zero-order valence-electron chi connectivity index (χ0n) is 16.3. The van der Waals surface area contributed by atoms with Gasteiger partial charge in [0.05, 0.1) is 24.1 Å². The van der Waals surface area contributed by atoms with Crippen LogP contribution in [0.5, 0.6) is 11.5 Å². The lowest BCUT2D eigenvalue weighted by Gasteiger charge is -2.16. The fraction of sp³-hybridized carbons (Fsp3) is 0.263.